The van der Waals surface area contributed by atoms with Crippen LogP contribution in [-0.2, 0) is 0 Å². The average Bonchev–Trinajstić information content (AvgIpc) is 2.95. The Balaban J connectivity index is 2.15. The molecule has 0 spiro atoms. The highest BCUT2D eigenvalue weighted by Crippen LogP contribution is 2.34. The molecule has 3 rings (SSSR count). The third kappa shape index (κ3) is 2.49. The Hall–Kier alpha value is -2.36. The third-order valence-electron chi connectivity index (χ3n) is 2.91. The minimum Gasteiger partial charge on any atom is -0.495 e. The summed E-state index contributed by atoms with van der Waals surface area (Å²) in [6.07, 6.45) is 0. The fraction of sp³-hybridized carbons (Fsp3) is 0.0714. The van der Waals surface area contributed by atoms with Crippen LogP contribution in [0.15, 0.2) is 29.6 Å². The summed E-state index contributed by atoms with van der Waals surface area (Å²) >= 11 is 7.42. The van der Waals surface area contributed by atoms with E-state index in [0.29, 0.717) is 22.8 Å². The van der Waals surface area contributed by atoms with Crippen molar-refractivity contribution in [3.63, 3.8) is 0 Å². The molecule has 0 amide bonds. The molecule has 0 saturated heterocycles. The molecule has 3 aromatic rings. The number of ether oxygens (including phenoxy) is 1. The van der Waals surface area contributed by atoms with Crippen molar-refractivity contribution in [2.45, 2.75) is 0 Å². The van der Waals surface area contributed by atoms with Crippen molar-refractivity contribution in [3.05, 3.63) is 40.5 Å². The van der Waals surface area contributed by atoms with Gasteiger partial charge in [-0.05, 0) is 35.2 Å². The van der Waals surface area contributed by atoms with Gasteiger partial charge in [0, 0.05) is 0 Å². The number of nitrogens with one attached hydrogen (secondary N) is 1. The Morgan fingerprint density at radius 2 is 2.19 bits per heavy atom. The van der Waals surface area contributed by atoms with E-state index in [9.17, 15) is 5.26 Å². The van der Waals surface area contributed by atoms with Crippen molar-refractivity contribution in [1.82, 2.24) is 9.97 Å². The lowest BCUT2D eigenvalue weighted by Gasteiger charge is -2.12. The standard InChI is InChI=1S/C14H9ClN4OS/c1-20-10-4-2-3-8(7-16)11(10)17-12-9-5-6-21-13(9)19-14(15)18-12/h2-6H,1H3,(H,17,18,19). The van der Waals surface area contributed by atoms with E-state index in [1.54, 1.807) is 25.3 Å². The van der Waals surface area contributed by atoms with E-state index in [-0.39, 0.29) is 5.28 Å². The Labute approximate surface area is 129 Å². The van der Waals surface area contributed by atoms with Gasteiger partial charge in [-0.1, -0.05) is 6.07 Å². The summed E-state index contributed by atoms with van der Waals surface area (Å²) in [5.74, 6) is 1.11. The van der Waals surface area contributed by atoms with Gasteiger partial charge in [0.15, 0.2) is 0 Å². The van der Waals surface area contributed by atoms with Crippen molar-refractivity contribution in [2.75, 3.05) is 12.4 Å². The zero-order chi connectivity index (χ0) is 14.8. The van der Waals surface area contributed by atoms with E-state index in [1.807, 2.05) is 11.4 Å². The molecule has 0 aliphatic rings. The summed E-state index contributed by atoms with van der Waals surface area (Å²) in [5.41, 5.74) is 1.03. The van der Waals surface area contributed by atoms with Crippen LogP contribution in [0.25, 0.3) is 10.2 Å². The van der Waals surface area contributed by atoms with Crippen LogP contribution in [0.3, 0.4) is 0 Å². The number of nitriles is 1. The quantitative estimate of drug-likeness (QED) is 0.740. The first-order valence-corrected chi connectivity index (χ1v) is 7.23. The van der Waals surface area contributed by atoms with Crippen LogP contribution in [0, 0.1) is 11.3 Å². The van der Waals surface area contributed by atoms with Gasteiger partial charge in [-0.2, -0.15) is 10.2 Å². The van der Waals surface area contributed by atoms with Crippen molar-refractivity contribution in [3.8, 4) is 11.8 Å². The molecule has 0 aliphatic heterocycles. The van der Waals surface area contributed by atoms with Gasteiger partial charge in [0.25, 0.3) is 0 Å². The van der Waals surface area contributed by atoms with Crippen LogP contribution in [0.2, 0.25) is 5.28 Å². The van der Waals surface area contributed by atoms with Crippen LogP contribution < -0.4 is 10.1 Å². The van der Waals surface area contributed by atoms with Crippen molar-refractivity contribution in [1.29, 1.82) is 5.26 Å². The molecule has 104 valence electrons. The molecule has 0 fully saturated rings. The van der Waals surface area contributed by atoms with E-state index in [0.717, 1.165) is 10.2 Å². The fourth-order valence-corrected chi connectivity index (χ4v) is 2.95. The molecule has 0 unspecified atom stereocenters. The van der Waals surface area contributed by atoms with Gasteiger partial charge >= 0.3 is 0 Å². The largest absolute Gasteiger partial charge is 0.495 e. The average molecular weight is 317 g/mol. The summed E-state index contributed by atoms with van der Waals surface area (Å²) in [6, 6.07) is 9.27. The zero-order valence-corrected chi connectivity index (χ0v) is 12.5. The molecule has 5 nitrogen and oxygen atoms in total. The molecule has 0 bridgehead atoms. The van der Waals surface area contributed by atoms with Crippen LogP contribution in [0.1, 0.15) is 5.56 Å². The maximum Gasteiger partial charge on any atom is 0.225 e. The number of para-hydroxylation sites is 1. The number of anilines is 2. The molecular formula is C14H9ClN4OS. The van der Waals surface area contributed by atoms with Gasteiger partial charge in [-0.3, -0.25) is 0 Å². The van der Waals surface area contributed by atoms with Crippen LogP contribution in [0.5, 0.6) is 5.75 Å². The van der Waals surface area contributed by atoms with Crippen LogP contribution in [0.4, 0.5) is 11.5 Å². The van der Waals surface area contributed by atoms with E-state index in [2.05, 4.69) is 21.4 Å². The first kappa shape index (κ1) is 13.6. The number of benzene rings is 1. The Morgan fingerprint density at radius 3 is 2.95 bits per heavy atom. The summed E-state index contributed by atoms with van der Waals surface area (Å²) in [4.78, 5) is 9.15. The lowest BCUT2D eigenvalue weighted by molar-refractivity contribution is 0.416. The van der Waals surface area contributed by atoms with E-state index < -0.39 is 0 Å². The molecule has 2 aromatic heterocycles. The Kier molecular flexibility index (Phi) is 3.60. The van der Waals surface area contributed by atoms with E-state index >= 15 is 0 Å². The van der Waals surface area contributed by atoms with Gasteiger partial charge in [-0.15, -0.1) is 11.3 Å². The van der Waals surface area contributed by atoms with Gasteiger partial charge in [-0.25, -0.2) is 4.98 Å². The van der Waals surface area contributed by atoms with Crippen molar-refractivity contribution >= 4 is 44.7 Å². The van der Waals surface area contributed by atoms with E-state index in [4.69, 9.17) is 16.3 Å². The number of hydrogen-bond acceptors (Lipinski definition) is 6. The predicted molar refractivity (Wildman–Crippen MR) is 83.4 cm³/mol. The summed E-state index contributed by atoms with van der Waals surface area (Å²) < 4.78 is 5.30. The lowest BCUT2D eigenvalue weighted by atomic mass is 10.1. The summed E-state index contributed by atoms with van der Waals surface area (Å²) in [6.45, 7) is 0. The molecule has 1 aromatic carbocycles. The highest BCUT2D eigenvalue weighted by Gasteiger charge is 2.13. The predicted octanol–water partition coefficient (Wildman–Crippen LogP) is 3.97. The molecule has 1 N–H and O–H groups in total. The molecule has 21 heavy (non-hydrogen) atoms. The highest BCUT2D eigenvalue weighted by molar-refractivity contribution is 7.16. The smallest absolute Gasteiger partial charge is 0.225 e. The first-order chi connectivity index (χ1) is 10.2. The van der Waals surface area contributed by atoms with Crippen molar-refractivity contribution in [2.24, 2.45) is 0 Å². The minimum atomic E-state index is 0.154. The van der Waals surface area contributed by atoms with E-state index in [1.165, 1.54) is 11.3 Å². The third-order valence-corrected chi connectivity index (χ3v) is 3.88. The lowest BCUT2D eigenvalue weighted by Crippen LogP contribution is -2.00. The number of rotatable bonds is 3. The number of methoxy groups -OCH3 is 1. The SMILES string of the molecule is COc1cccc(C#N)c1Nc1nc(Cl)nc2sccc12. The molecular weight excluding hydrogens is 308 g/mol. The van der Waals surface area contributed by atoms with Crippen molar-refractivity contribution < 1.29 is 4.74 Å². The van der Waals surface area contributed by atoms with Gasteiger partial charge in [0.2, 0.25) is 5.28 Å². The normalized spacial score (nSPS) is 10.3. The number of nitrogens with zero attached hydrogens (tertiary/aromatic N) is 3. The van der Waals surface area contributed by atoms with Crippen LogP contribution in [-0.4, -0.2) is 17.1 Å². The Bertz CT molecular complexity index is 856. The molecule has 2 heterocycles. The molecule has 0 saturated carbocycles. The number of fused-ring (bicyclic) bond motifs is 1. The maximum absolute atomic E-state index is 9.24. The van der Waals surface area contributed by atoms with Gasteiger partial charge in [0.05, 0.1) is 18.1 Å². The summed E-state index contributed by atoms with van der Waals surface area (Å²) in [7, 11) is 1.55. The number of thiophene rings is 1. The number of aromatic nitrogens is 2. The maximum atomic E-state index is 9.24. The monoisotopic (exact) mass is 316 g/mol. The highest BCUT2D eigenvalue weighted by atomic mass is 35.5. The second-order valence-corrected chi connectivity index (χ2v) is 5.33. The molecule has 7 heteroatoms. The number of hydrogen-bond donors (Lipinski definition) is 1. The van der Waals surface area contributed by atoms with Gasteiger partial charge in [0.1, 0.15) is 28.2 Å². The summed E-state index contributed by atoms with van der Waals surface area (Å²) in [5, 5.41) is 15.3. The molecule has 0 radical (unpaired) electrons. The topological polar surface area (TPSA) is 70.8 Å². The number of halogens is 1. The fourth-order valence-electron chi connectivity index (χ4n) is 1.97. The molecule has 0 aliphatic carbocycles. The first-order valence-electron chi connectivity index (χ1n) is 5.98. The zero-order valence-electron chi connectivity index (χ0n) is 10.9. The van der Waals surface area contributed by atoms with Gasteiger partial charge < -0.3 is 10.1 Å². The second kappa shape index (κ2) is 5.56. The minimum absolute atomic E-state index is 0.154. The Morgan fingerprint density at radius 1 is 1.33 bits per heavy atom. The van der Waals surface area contributed by atoms with Crippen LogP contribution >= 0.6 is 22.9 Å². The second-order valence-electron chi connectivity index (χ2n) is 4.10. The molecule has 0 atom stereocenters.